The maximum atomic E-state index is 4.08. The lowest BCUT2D eigenvalue weighted by Gasteiger charge is -2.11. The summed E-state index contributed by atoms with van der Waals surface area (Å²) in [4.78, 5) is 5.36. The first-order chi connectivity index (χ1) is 7.75. The molecular weight excluding hydrogens is 284 g/mol. The number of rotatable bonds is 4. The van der Waals surface area contributed by atoms with Crippen molar-refractivity contribution in [2.45, 2.75) is 19.5 Å². The van der Waals surface area contributed by atoms with E-state index in [-0.39, 0.29) is 0 Å². The highest BCUT2D eigenvalue weighted by Gasteiger charge is 2.05. The summed E-state index contributed by atoms with van der Waals surface area (Å²) in [5.41, 5.74) is 3.16. The molecule has 2 rings (SSSR count). The van der Waals surface area contributed by atoms with E-state index in [1.165, 1.54) is 10.4 Å². The van der Waals surface area contributed by atoms with Crippen LogP contribution in [0.1, 0.15) is 23.4 Å². The van der Waals surface area contributed by atoms with Crippen LogP contribution in [0.5, 0.6) is 0 Å². The van der Waals surface area contributed by atoms with Gasteiger partial charge in [-0.25, -0.2) is 0 Å². The number of benzene rings is 1. The molecule has 1 heterocycles. The fourth-order valence-corrected chi connectivity index (χ4v) is 2.33. The summed E-state index contributed by atoms with van der Waals surface area (Å²) in [6.45, 7) is 3.04. The van der Waals surface area contributed by atoms with Gasteiger partial charge >= 0.3 is 0 Å². The molecule has 2 nitrogen and oxygen atoms in total. The van der Waals surface area contributed by atoms with Crippen LogP contribution in [0.25, 0.3) is 0 Å². The molecule has 0 radical (unpaired) electrons. The van der Waals surface area contributed by atoms with Gasteiger partial charge in [-0.05, 0) is 24.6 Å². The quantitative estimate of drug-likeness (QED) is 0.929. The standard InChI is InChI=1S/C12H13BrN2S/c1-9(12-7-14-8-16-12)15-6-10-2-4-11(13)5-3-10/h2-5,7-9,15H,6H2,1H3. The third-order valence-electron chi connectivity index (χ3n) is 2.40. The van der Waals surface area contributed by atoms with Crippen LogP contribution in [0, 0.1) is 0 Å². The highest BCUT2D eigenvalue weighted by molar-refractivity contribution is 9.10. The third-order valence-corrected chi connectivity index (χ3v) is 3.89. The Morgan fingerprint density at radius 3 is 2.75 bits per heavy atom. The maximum absolute atomic E-state index is 4.08. The molecule has 16 heavy (non-hydrogen) atoms. The van der Waals surface area contributed by atoms with Gasteiger partial charge in [-0.3, -0.25) is 4.98 Å². The summed E-state index contributed by atoms with van der Waals surface area (Å²) in [7, 11) is 0. The van der Waals surface area contributed by atoms with Crippen LogP contribution in [0.3, 0.4) is 0 Å². The highest BCUT2D eigenvalue weighted by atomic mass is 79.9. The van der Waals surface area contributed by atoms with E-state index in [1.807, 2.05) is 11.7 Å². The zero-order valence-electron chi connectivity index (χ0n) is 8.98. The Labute approximate surface area is 108 Å². The highest BCUT2D eigenvalue weighted by Crippen LogP contribution is 2.17. The number of aromatic nitrogens is 1. The number of nitrogens with zero attached hydrogens (tertiary/aromatic N) is 1. The molecule has 0 aliphatic rings. The molecule has 0 aliphatic carbocycles. The Morgan fingerprint density at radius 1 is 1.38 bits per heavy atom. The number of hydrogen-bond acceptors (Lipinski definition) is 3. The van der Waals surface area contributed by atoms with Gasteiger partial charge in [0.05, 0.1) is 5.51 Å². The summed E-state index contributed by atoms with van der Waals surface area (Å²) in [6, 6.07) is 8.73. The lowest BCUT2D eigenvalue weighted by molar-refractivity contribution is 0.582. The first-order valence-electron chi connectivity index (χ1n) is 5.12. The molecule has 1 aromatic carbocycles. The summed E-state index contributed by atoms with van der Waals surface area (Å²) < 4.78 is 1.12. The minimum absolute atomic E-state index is 0.358. The SMILES string of the molecule is CC(NCc1ccc(Br)cc1)c1cncs1. The topological polar surface area (TPSA) is 24.9 Å². The molecular formula is C12H13BrN2S. The van der Waals surface area contributed by atoms with Crippen molar-refractivity contribution in [3.8, 4) is 0 Å². The van der Waals surface area contributed by atoms with Gasteiger partial charge in [-0.15, -0.1) is 11.3 Å². The molecule has 0 spiro atoms. The first kappa shape index (κ1) is 11.8. The van der Waals surface area contributed by atoms with E-state index in [9.17, 15) is 0 Å². The van der Waals surface area contributed by atoms with Crippen molar-refractivity contribution in [1.29, 1.82) is 0 Å². The van der Waals surface area contributed by atoms with Crippen LogP contribution < -0.4 is 5.32 Å². The van der Waals surface area contributed by atoms with E-state index < -0.39 is 0 Å². The number of nitrogens with one attached hydrogen (secondary N) is 1. The second kappa shape index (κ2) is 5.57. The molecule has 0 amide bonds. The first-order valence-corrected chi connectivity index (χ1v) is 6.79. The summed E-state index contributed by atoms with van der Waals surface area (Å²) in [5.74, 6) is 0. The monoisotopic (exact) mass is 296 g/mol. The van der Waals surface area contributed by atoms with Crippen LogP contribution in [0.4, 0.5) is 0 Å². The van der Waals surface area contributed by atoms with E-state index in [0.29, 0.717) is 6.04 Å². The number of hydrogen-bond donors (Lipinski definition) is 1. The molecule has 1 unspecified atom stereocenters. The van der Waals surface area contributed by atoms with Gasteiger partial charge in [0.2, 0.25) is 0 Å². The second-order valence-corrected chi connectivity index (χ2v) is 5.47. The van der Waals surface area contributed by atoms with Gasteiger partial charge in [-0.1, -0.05) is 28.1 Å². The molecule has 0 bridgehead atoms. The Morgan fingerprint density at radius 2 is 2.12 bits per heavy atom. The molecule has 1 aromatic heterocycles. The van der Waals surface area contributed by atoms with Gasteiger partial charge in [0.15, 0.2) is 0 Å². The molecule has 0 fully saturated rings. The van der Waals surface area contributed by atoms with E-state index in [2.05, 4.69) is 57.4 Å². The Hall–Kier alpha value is -0.710. The molecule has 84 valence electrons. The third kappa shape index (κ3) is 3.14. The molecule has 2 aromatic rings. The number of halogens is 1. The predicted molar refractivity (Wildman–Crippen MR) is 71.5 cm³/mol. The van der Waals surface area contributed by atoms with Crippen LogP contribution in [-0.4, -0.2) is 4.98 Å². The normalized spacial score (nSPS) is 12.6. The Bertz CT molecular complexity index is 425. The van der Waals surface area contributed by atoms with E-state index in [0.717, 1.165) is 11.0 Å². The molecule has 4 heteroatoms. The lowest BCUT2D eigenvalue weighted by atomic mass is 10.2. The zero-order chi connectivity index (χ0) is 11.4. The minimum atomic E-state index is 0.358. The van der Waals surface area contributed by atoms with E-state index in [4.69, 9.17) is 0 Å². The van der Waals surface area contributed by atoms with Gasteiger partial charge in [0.1, 0.15) is 0 Å². The van der Waals surface area contributed by atoms with Gasteiger partial charge < -0.3 is 5.32 Å². The maximum Gasteiger partial charge on any atom is 0.0794 e. The van der Waals surface area contributed by atoms with Crippen LogP contribution in [0.2, 0.25) is 0 Å². The van der Waals surface area contributed by atoms with Crippen LogP contribution in [-0.2, 0) is 6.54 Å². The minimum Gasteiger partial charge on any atom is -0.305 e. The van der Waals surface area contributed by atoms with Crippen molar-refractivity contribution in [3.63, 3.8) is 0 Å². The van der Waals surface area contributed by atoms with Crippen molar-refractivity contribution in [1.82, 2.24) is 10.3 Å². The largest absolute Gasteiger partial charge is 0.305 e. The predicted octanol–water partition coefficient (Wildman–Crippen LogP) is 3.76. The molecule has 0 saturated heterocycles. The fourth-order valence-electron chi connectivity index (χ4n) is 1.41. The van der Waals surface area contributed by atoms with Crippen molar-refractivity contribution in [3.05, 3.63) is 50.9 Å². The van der Waals surface area contributed by atoms with E-state index >= 15 is 0 Å². The number of thiazole rings is 1. The molecule has 0 saturated carbocycles. The van der Waals surface area contributed by atoms with Crippen LogP contribution >= 0.6 is 27.3 Å². The smallest absolute Gasteiger partial charge is 0.0794 e. The Balaban J connectivity index is 1.90. The van der Waals surface area contributed by atoms with Crippen molar-refractivity contribution in [2.24, 2.45) is 0 Å². The van der Waals surface area contributed by atoms with Crippen molar-refractivity contribution in [2.75, 3.05) is 0 Å². The van der Waals surface area contributed by atoms with E-state index in [1.54, 1.807) is 11.3 Å². The van der Waals surface area contributed by atoms with Gasteiger partial charge in [-0.2, -0.15) is 0 Å². The Kier molecular flexibility index (Phi) is 4.09. The summed E-state index contributed by atoms with van der Waals surface area (Å²) >= 11 is 5.12. The van der Waals surface area contributed by atoms with Gasteiger partial charge in [0.25, 0.3) is 0 Å². The van der Waals surface area contributed by atoms with Crippen molar-refractivity contribution < 1.29 is 0 Å². The van der Waals surface area contributed by atoms with Crippen molar-refractivity contribution >= 4 is 27.3 Å². The average molecular weight is 297 g/mol. The average Bonchev–Trinajstić information content (AvgIpc) is 2.81. The van der Waals surface area contributed by atoms with Crippen LogP contribution in [0.15, 0.2) is 40.4 Å². The lowest BCUT2D eigenvalue weighted by Crippen LogP contribution is -2.17. The molecule has 1 N–H and O–H groups in total. The second-order valence-electron chi connectivity index (χ2n) is 3.63. The zero-order valence-corrected chi connectivity index (χ0v) is 11.4. The molecule has 1 atom stereocenters. The fraction of sp³-hybridized carbons (Fsp3) is 0.250. The molecule has 0 aliphatic heterocycles. The summed E-state index contributed by atoms with van der Waals surface area (Å²) in [5, 5.41) is 3.48. The summed E-state index contributed by atoms with van der Waals surface area (Å²) in [6.07, 6.45) is 1.92. The van der Waals surface area contributed by atoms with Gasteiger partial charge in [0, 0.05) is 28.1 Å².